The summed E-state index contributed by atoms with van der Waals surface area (Å²) in [5.41, 5.74) is -0.988. The second-order valence-electron chi connectivity index (χ2n) is 4.90. The number of hydrogen-bond acceptors (Lipinski definition) is 4. The topological polar surface area (TPSA) is 87.1 Å². The van der Waals surface area contributed by atoms with E-state index < -0.39 is 42.7 Å². The number of carboxylic acids is 1. The van der Waals surface area contributed by atoms with E-state index in [1.165, 1.54) is 20.8 Å². The molecule has 112 valence electrons. The molecule has 0 heterocycles. The molecule has 0 bridgehead atoms. The molecule has 0 aromatic rings. The molecular weight excluding hydrogens is 271 g/mol. The Hall–Kier alpha value is -1.51. The average Bonchev–Trinajstić information content (AvgIpc) is 2.11. The van der Waals surface area contributed by atoms with E-state index in [0.29, 0.717) is 0 Å². The van der Waals surface area contributed by atoms with Crippen molar-refractivity contribution in [2.24, 2.45) is 5.92 Å². The minimum Gasteiger partial charge on any atom is -0.481 e. The van der Waals surface area contributed by atoms with E-state index in [2.05, 4.69) is 4.74 Å². The molecule has 0 aliphatic rings. The molecule has 2 N–H and O–H groups in total. The fourth-order valence-electron chi connectivity index (χ4n) is 1.09. The molecule has 0 rings (SSSR count). The number of carbonyl (C=O) groups is 2. The molecule has 6 nitrogen and oxygen atoms in total. The summed E-state index contributed by atoms with van der Waals surface area (Å²) < 4.78 is 42.1. The highest BCUT2D eigenvalue weighted by molar-refractivity contribution is 5.68. The van der Waals surface area contributed by atoms with E-state index in [9.17, 15) is 28.0 Å². The smallest absolute Gasteiger partial charge is 0.434 e. The van der Waals surface area contributed by atoms with Crippen LogP contribution in [0.5, 0.6) is 0 Å². The summed E-state index contributed by atoms with van der Waals surface area (Å²) in [6.07, 6.45) is -7.46. The van der Waals surface area contributed by atoms with Crippen LogP contribution in [-0.4, -0.2) is 45.8 Å². The Balaban J connectivity index is 4.68. The van der Waals surface area contributed by atoms with Crippen LogP contribution in [0.4, 0.5) is 18.0 Å². The monoisotopic (exact) mass is 287 g/mol. The number of amides is 1. The number of alkyl halides is 3. The van der Waals surface area contributed by atoms with Gasteiger partial charge in [-0.3, -0.25) is 10.0 Å². The summed E-state index contributed by atoms with van der Waals surface area (Å²) in [7, 11) is 0. The first-order valence-electron chi connectivity index (χ1n) is 5.31. The third-order valence-corrected chi connectivity index (χ3v) is 1.88. The normalized spacial score (nSPS) is 13.8. The molecule has 0 aromatic heterocycles. The molecule has 0 radical (unpaired) electrons. The average molecular weight is 287 g/mol. The second-order valence-corrected chi connectivity index (χ2v) is 4.90. The van der Waals surface area contributed by atoms with Gasteiger partial charge in [-0.05, 0) is 20.8 Å². The molecule has 0 aliphatic heterocycles. The zero-order chi connectivity index (χ0) is 15.4. The molecule has 0 aliphatic carbocycles. The highest BCUT2D eigenvalue weighted by Gasteiger charge is 2.43. The van der Waals surface area contributed by atoms with Crippen LogP contribution in [0.1, 0.15) is 27.2 Å². The van der Waals surface area contributed by atoms with Gasteiger partial charge in [-0.25, -0.2) is 4.79 Å². The van der Waals surface area contributed by atoms with Crippen molar-refractivity contribution in [1.29, 1.82) is 0 Å². The van der Waals surface area contributed by atoms with Gasteiger partial charge in [0.15, 0.2) is 0 Å². The van der Waals surface area contributed by atoms with Gasteiger partial charge in [-0.2, -0.15) is 18.2 Å². The lowest BCUT2D eigenvalue weighted by atomic mass is 10.1. The van der Waals surface area contributed by atoms with Crippen molar-refractivity contribution < 1.29 is 37.8 Å². The van der Waals surface area contributed by atoms with Crippen LogP contribution in [-0.2, 0) is 9.53 Å². The lowest BCUT2D eigenvalue weighted by Crippen LogP contribution is -2.41. The first-order chi connectivity index (χ1) is 8.33. The van der Waals surface area contributed by atoms with E-state index >= 15 is 0 Å². The lowest BCUT2D eigenvalue weighted by molar-refractivity contribution is -0.202. The van der Waals surface area contributed by atoms with Crippen LogP contribution in [0.2, 0.25) is 0 Å². The predicted molar refractivity (Wildman–Crippen MR) is 56.5 cm³/mol. The zero-order valence-corrected chi connectivity index (χ0v) is 10.7. The van der Waals surface area contributed by atoms with Gasteiger partial charge in [0.2, 0.25) is 0 Å². The van der Waals surface area contributed by atoms with Crippen molar-refractivity contribution in [1.82, 2.24) is 5.06 Å². The number of hydroxylamine groups is 2. The predicted octanol–water partition coefficient (Wildman–Crippen LogP) is 2.27. The minimum atomic E-state index is -4.85. The Morgan fingerprint density at radius 2 is 1.74 bits per heavy atom. The minimum absolute atomic E-state index is 0.271. The van der Waals surface area contributed by atoms with Crippen LogP contribution >= 0.6 is 0 Å². The zero-order valence-electron chi connectivity index (χ0n) is 10.7. The van der Waals surface area contributed by atoms with Crippen LogP contribution in [0.3, 0.4) is 0 Å². The number of nitrogens with zero attached hydrogens (tertiary/aromatic N) is 1. The van der Waals surface area contributed by atoms with E-state index in [-0.39, 0.29) is 5.06 Å². The van der Waals surface area contributed by atoms with Gasteiger partial charge in [0.1, 0.15) is 5.60 Å². The van der Waals surface area contributed by atoms with Crippen molar-refractivity contribution in [3.63, 3.8) is 0 Å². The molecular formula is C10H16F3NO5. The van der Waals surface area contributed by atoms with E-state index in [4.69, 9.17) is 5.11 Å². The van der Waals surface area contributed by atoms with Gasteiger partial charge < -0.3 is 9.84 Å². The summed E-state index contributed by atoms with van der Waals surface area (Å²) >= 11 is 0. The van der Waals surface area contributed by atoms with Crippen molar-refractivity contribution in [3.05, 3.63) is 0 Å². The van der Waals surface area contributed by atoms with Crippen molar-refractivity contribution in [3.8, 4) is 0 Å². The number of hydrogen-bond donors (Lipinski definition) is 2. The van der Waals surface area contributed by atoms with Gasteiger partial charge in [-0.15, -0.1) is 0 Å². The van der Waals surface area contributed by atoms with Crippen LogP contribution in [0, 0.1) is 5.92 Å². The highest BCUT2D eigenvalue weighted by atomic mass is 19.4. The third-order valence-electron chi connectivity index (χ3n) is 1.88. The standard InChI is InChI=1S/C10H16F3NO5/c1-9(2,3)19-8(17)14(18)5-6(4-7(15)16)10(11,12)13/h6,18H,4-5H2,1-3H3,(H,15,16). The molecule has 1 unspecified atom stereocenters. The first-order valence-corrected chi connectivity index (χ1v) is 5.31. The Labute approximate surface area is 107 Å². The number of carboxylic acid groups (broad SMARTS) is 1. The molecule has 0 aromatic carbocycles. The Morgan fingerprint density at radius 3 is 2.05 bits per heavy atom. The SMILES string of the molecule is CC(C)(C)OC(=O)N(O)CC(CC(=O)O)C(F)(F)F. The van der Waals surface area contributed by atoms with Crippen LogP contribution in [0.25, 0.3) is 0 Å². The molecule has 0 spiro atoms. The quantitative estimate of drug-likeness (QED) is 0.611. The van der Waals surface area contributed by atoms with Gasteiger partial charge in [0.25, 0.3) is 0 Å². The largest absolute Gasteiger partial charge is 0.481 e. The van der Waals surface area contributed by atoms with Crippen molar-refractivity contribution in [2.45, 2.75) is 39.0 Å². The number of carbonyl (C=O) groups excluding carboxylic acids is 1. The maximum absolute atomic E-state index is 12.5. The summed E-state index contributed by atoms with van der Waals surface area (Å²) in [5, 5.41) is 17.3. The van der Waals surface area contributed by atoms with Gasteiger partial charge in [-0.1, -0.05) is 0 Å². The fourth-order valence-corrected chi connectivity index (χ4v) is 1.09. The fraction of sp³-hybridized carbons (Fsp3) is 0.800. The number of aliphatic carboxylic acids is 1. The molecule has 0 fully saturated rings. The number of rotatable bonds is 4. The van der Waals surface area contributed by atoms with E-state index in [1.807, 2.05) is 0 Å². The lowest BCUT2D eigenvalue weighted by Gasteiger charge is -2.26. The van der Waals surface area contributed by atoms with Crippen LogP contribution in [0.15, 0.2) is 0 Å². The summed E-state index contributed by atoms with van der Waals surface area (Å²) in [6, 6.07) is 0. The molecule has 0 saturated carbocycles. The van der Waals surface area contributed by atoms with Crippen molar-refractivity contribution in [2.75, 3.05) is 6.54 Å². The Bertz CT molecular complexity index is 337. The number of ether oxygens (including phenoxy) is 1. The highest BCUT2D eigenvalue weighted by Crippen LogP contribution is 2.29. The maximum atomic E-state index is 12.5. The summed E-state index contributed by atoms with van der Waals surface area (Å²) in [6.45, 7) is 3.20. The summed E-state index contributed by atoms with van der Waals surface area (Å²) in [4.78, 5) is 21.6. The second kappa shape index (κ2) is 6.09. The van der Waals surface area contributed by atoms with Crippen LogP contribution < -0.4 is 0 Å². The Morgan fingerprint density at radius 1 is 1.26 bits per heavy atom. The van der Waals surface area contributed by atoms with E-state index in [1.54, 1.807) is 0 Å². The molecule has 0 saturated heterocycles. The molecule has 9 heteroatoms. The van der Waals surface area contributed by atoms with Gasteiger partial charge >= 0.3 is 18.2 Å². The van der Waals surface area contributed by atoms with E-state index in [0.717, 1.165) is 0 Å². The Kier molecular flexibility index (Phi) is 5.61. The van der Waals surface area contributed by atoms with Crippen molar-refractivity contribution >= 4 is 12.1 Å². The summed E-state index contributed by atoms with van der Waals surface area (Å²) in [5.74, 6) is -4.05. The number of halogens is 3. The molecule has 1 amide bonds. The molecule has 19 heavy (non-hydrogen) atoms. The maximum Gasteiger partial charge on any atom is 0.434 e. The first kappa shape index (κ1) is 17.5. The molecule has 1 atom stereocenters. The third kappa shape index (κ3) is 7.50. The van der Waals surface area contributed by atoms with Gasteiger partial charge in [0.05, 0.1) is 18.9 Å². The van der Waals surface area contributed by atoms with Gasteiger partial charge in [0, 0.05) is 0 Å².